The zero-order chi connectivity index (χ0) is 22.4. The van der Waals surface area contributed by atoms with E-state index in [0.717, 1.165) is 19.2 Å². The van der Waals surface area contributed by atoms with Gasteiger partial charge < -0.3 is 19.1 Å². The Bertz CT molecular complexity index is 966. The van der Waals surface area contributed by atoms with Crippen LogP contribution in [0.4, 0.5) is 14.5 Å². The highest BCUT2D eigenvalue weighted by molar-refractivity contribution is 5.98. The van der Waals surface area contributed by atoms with Gasteiger partial charge in [0.1, 0.15) is 0 Å². The Morgan fingerprint density at radius 3 is 2.33 bits per heavy atom. The number of alkyl halides is 2. The number of amides is 1. The van der Waals surface area contributed by atoms with Crippen LogP contribution in [-0.2, 0) is 11.3 Å². The third-order valence-electron chi connectivity index (χ3n) is 4.01. The molecule has 0 unspecified atom stereocenters. The van der Waals surface area contributed by atoms with E-state index >= 15 is 0 Å². The summed E-state index contributed by atoms with van der Waals surface area (Å²) in [4.78, 5) is 36.1. The number of methoxy groups -OCH3 is 2. The second kappa shape index (κ2) is 9.63. The van der Waals surface area contributed by atoms with Gasteiger partial charge in [0.05, 0.1) is 24.7 Å². The van der Waals surface area contributed by atoms with Crippen molar-refractivity contribution < 1.29 is 37.5 Å². The van der Waals surface area contributed by atoms with E-state index in [9.17, 15) is 28.5 Å². The van der Waals surface area contributed by atoms with Crippen molar-refractivity contribution >= 4 is 17.6 Å². The van der Waals surface area contributed by atoms with Crippen LogP contribution in [0.15, 0.2) is 36.4 Å². The molecule has 2 aromatic rings. The maximum absolute atomic E-state index is 12.7. The number of non-ortho nitro benzene ring substituents is 1. The lowest BCUT2D eigenvalue weighted by molar-refractivity contribution is -0.384. The lowest BCUT2D eigenvalue weighted by atomic mass is 10.1. The Kier molecular flexibility index (Phi) is 7.23. The molecule has 0 aromatic heterocycles. The summed E-state index contributed by atoms with van der Waals surface area (Å²) in [5, 5.41) is 11.1. The molecule has 2 rings (SSSR count). The van der Waals surface area contributed by atoms with E-state index in [4.69, 9.17) is 4.74 Å². The Labute approximate surface area is 169 Å². The monoisotopic (exact) mass is 424 g/mol. The van der Waals surface area contributed by atoms with Gasteiger partial charge >= 0.3 is 12.6 Å². The first-order valence-corrected chi connectivity index (χ1v) is 8.41. The van der Waals surface area contributed by atoms with Crippen molar-refractivity contribution in [1.29, 1.82) is 0 Å². The maximum Gasteiger partial charge on any atom is 0.387 e. The number of carbonyl (C=O) groups excluding carboxylic acids is 2. The third-order valence-corrected chi connectivity index (χ3v) is 4.01. The highest BCUT2D eigenvalue weighted by Gasteiger charge is 2.21. The van der Waals surface area contributed by atoms with Crippen molar-refractivity contribution in [2.24, 2.45) is 0 Å². The number of carbonyl (C=O) groups is 2. The van der Waals surface area contributed by atoms with Crippen LogP contribution in [0.25, 0.3) is 0 Å². The third kappa shape index (κ3) is 5.40. The van der Waals surface area contributed by atoms with E-state index in [1.54, 1.807) is 0 Å². The van der Waals surface area contributed by atoms with Gasteiger partial charge in [-0.1, -0.05) is 6.07 Å². The molecule has 9 nitrogen and oxygen atoms in total. The van der Waals surface area contributed by atoms with Crippen molar-refractivity contribution in [3.05, 3.63) is 63.2 Å². The van der Waals surface area contributed by atoms with Gasteiger partial charge in [-0.25, -0.2) is 4.79 Å². The van der Waals surface area contributed by atoms with E-state index in [0.29, 0.717) is 5.56 Å². The van der Waals surface area contributed by atoms with Gasteiger partial charge in [-0.15, -0.1) is 0 Å². The number of rotatable bonds is 8. The van der Waals surface area contributed by atoms with Crippen molar-refractivity contribution in [2.45, 2.75) is 13.2 Å². The molecule has 0 spiro atoms. The SMILES string of the molecule is COC(=O)c1cc(C(=O)N(C)Cc2ccc(OC(F)F)c(OC)c2)cc([N+](=O)[O-])c1. The first-order valence-electron chi connectivity index (χ1n) is 8.41. The lowest BCUT2D eigenvalue weighted by Crippen LogP contribution is -2.26. The summed E-state index contributed by atoms with van der Waals surface area (Å²) < 4.78 is 38.8. The van der Waals surface area contributed by atoms with Crippen LogP contribution in [0.5, 0.6) is 11.5 Å². The molecule has 0 aliphatic rings. The van der Waals surface area contributed by atoms with E-state index in [1.807, 2.05) is 0 Å². The van der Waals surface area contributed by atoms with Gasteiger partial charge in [-0.3, -0.25) is 14.9 Å². The number of nitro groups is 1. The topological polar surface area (TPSA) is 108 Å². The van der Waals surface area contributed by atoms with E-state index in [-0.39, 0.29) is 29.2 Å². The van der Waals surface area contributed by atoms with Gasteiger partial charge in [-0.05, 0) is 23.8 Å². The van der Waals surface area contributed by atoms with Crippen molar-refractivity contribution in [1.82, 2.24) is 4.90 Å². The fourth-order valence-electron chi connectivity index (χ4n) is 2.65. The Morgan fingerprint density at radius 1 is 1.10 bits per heavy atom. The van der Waals surface area contributed by atoms with Crippen LogP contribution in [0.3, 0.4) is 0 Å². The summed E-state index contributed by atoms with van der Waals surface area (Å²) in [7, 11) is 3.84. The molecule has 0 N–H and O–H groups in total. The van der Waals surface area contributed by atoms with Gasteiger partial charge in [0.2, 0.25) is 0 Å². The predicted molar refractivity (Wildman–Crippen MR) is 99.9 cm³/mol. The van der Waals surface area contributed by atoms with E-state index < -0.39 is 29.1 Å². The Hall–Kier alpha value is -3.76. The minimum absolute atomic E-state index is 0.0282. The highest BCUT2D eigenvalue weighted by Crippen LogP contribution is 2.30. The van der Waals surface area contributed by atoms with E-state index in [2.05, 4.69) is 9.47 Å². The Balaban J connectivity index is 2.28. The number of nitrogens with zero attached hydrogens (tertiary/aromatic N) is 2. The number of hydrogen-bond acceptors (Lipinski definition) is 7. The molecular formula is C19H18F2N2O7. The molecule has 2 aromatic carbocycles. The van der Waals surface area contributed by atoms with Gasteiger partial charge in [0, 0.05) is 31.3 Å². The predicted octanol–water partition coefficient (Wildman–Crippen LogP) is 3.26. The number of nitro benzene ring substituents is 1. The minimum Gasteiger partial charge on any atom is -0.493 e. The number of esters is 1. The number of halogens is 2. The van der Waals surface area contributed by atoms with Gasteiger partial charge in [-0.2, -0.15) is 8.78 Å². The van der Waals surface area contributed by atoms with Crippen LogP contribution in [0.1, 0.15) is 26.3 Å². The quantitative estimate of drug-likeness (QED) is 0.364. The molecule has 1 amide bonds. The molecule has 0 heterocycles. The standard InChI is InChI=1S/C19H18F2N2O7/c1-22(10-11-4-5-15(30-19(20)21)16(6-11)28-2)17(24)12-7-13(18(25)29-3)9-14(8-12)23(26)27/h4-9,19H,10H2,1-3H3. The summed E-state index contributed by atoms with van der Waals surface area (Å²) >= 11 is 0. The fourth-order valence-corrected chi connectivity index (χ4v) is 2.65. The minimum atomic E-state index is -3.02. The molecule has 0 radical (unpaired) electrons. The molecular weight excluding hydrogens is 406 g/mol. The molecule has 0 bridgehead atoms. The number of benzene rings is 2. The largest absolute Gasteiger partial charge is 0.493 e. The maximum atomic E-state index is 12.7. The summed E-state index contributed by atoms with van der Waals surface area (Å²) in [6, 6.07) is 7.42. The molecule has 0 saturated heterocycles. The average molecular weight is 424 g/mol. The molecule has 0 fully saturated rings. The van der Waals surface area contributed by atoms with Crippen molar-refractivity contribution in [3.63, 3.8) is 0 Å². The zero-order valence-electron chi connectivity index (χ0n) is 16.3. The number of hydrogen-bond donors (Lipinski definition) is 0. The zero-order valence-corrected chi connectivity index (χ0v) is 16.3. The van der Waals surface area contributed by atoms with Crippen LogP contribution in [-0.4, -0.2) is 49.6 Å². The first kappa shape index (κ1) is 22.5. The molecule has 11 heteroatoms. The van der Waals surface area contributed by atoms with Crippen LogP contribution < -0.4 is 9.47 Å². The fraction of sp³-hybridized carbons (Fsp3) is 0.263. The van der Waals surface area contributed by atoms with Gasteiger partial charge in [0.15, 0.2) is 11.5 Å². The molecule has 160 valence electrons. The van der Waals surface area contributed by atoms with Crippen LogP contribution >= 0.6 is 0 Å². The molecule has 30 heavy (non-hydrogen) atoms. The number of ether oxygens (including phenoxy) is 3. The summed E-state index contributed by atoms with van der Waals surface area (Å²) in [6.07, 6.45) is 0. The molecule has 0 atom stereocenters. The summed E-state index contributed by atoms with van der Waals surface area (Å²) in [5.74, 6) is -1.53. The Morgan fingerprint density at radius 2 is 1.77 bits per heavy atom. The van der Waals surface area contributed by atoms with Crippen molar-refractivity contribution in [2.75, 3.05) is 21.3 Å². The second-order valence-corrected chi connectivity index (χ2v) is 6.04. The lowest BCUT2D eigenvalue weighted by Gasteiger charge is -2.19. The van der Waals surface area contributed by atoms with Gasteiger partial charge in [0.25, 0.3) is 11.6 Å². The summed E-state index contributed by atoms with van der Waals surface area (Å²) in [5.41, 5.74) is -0.136. The molecule has 0 saturated carbocycles. The second-order valence-electron chi connectivity index (χ2n) is 6.04. The first-order chi connectivity index (χ1) is 14.2. The van der Waals surface area contributed by atoms with Crippen LogP contribution in [0.2, 0.25) is 0 Å². The molecule has 0 aliphatic heterocycles. The summed E-state index contributed by atoms with van der Waals surface area (Å²) in [6.45, 7) is -2.99. The highest BCUT2D eigenvalue weighted by atomic mass is 19.3. The van der Waals surface area contributed by atoms with Crippen LogP contribution in [0, 0.1) is 10.1 Å². The van der Waals surface area contributed by atoms with E-state index in [1.165, 1.54) is 43.3 Å². The van der Waals surface area contributed by atoms with Crippen molar-refractivity contribution in [3.8, 4) is 11.5 Å². The molecule has 0 aliphatic carbocycles. The smallest absolute Gasteiger partial charge is 0.387 e. The average Bonchev–Trinajstić information content (AvgIpc) is 2.72. The normalized spacial score (nSPS) is 10.5.